The molecule has 2 aliphatic heterocycles. The van der Waals surface area contributed by atoms with E-state index in [2.05, 4.69) is 15.0 Å². The van der Waals surface area contributed by atoms with Gasteiger partial charge in [-0.2, -0.15) is 18.3 Å². The van der Waals surface area contributed by atoms with Crippen molar-refractivity contribution in [3.8, 4) is 16.9 Å². The van der Waals surface area contributed by atoms with Crippen molar-refractivity contribution in [2.24, 2.45) is 5.92 Å². The van der Waals surface area contributed by atoms with Crippen LogP contribution in [0.2, 0.25) is 0 Å². The zero-order chi connectivity index (χ0) is 35.2. The molecule has 14 heteroatoms. The Morgan fingerprint density at radius 1 is 1.10 bits per heavy atom. The number of Topliss-reactive ketones (excluding diaryl/α,β-unsaturated/α-hetero) is 1. The van der Waals surface area contributed by atoms with Gasteiger partial charge < -0.3 is 23.8 Å². The summed E-state index contributed by atoms with van der Waals surface area (Å²) in [6.45, 7) is 10.8. The van der Waals surface area contributed by atoms with Crippen molar-refractivity contribution in [1.29, 1.82) is 0 Å². The van der Waals surface area contributed by atoms with Gasteiger partial charge in [-0.15, -0.1) is 0 Å². The summed E-state index contributed by atoms with van der Waals surface area (Å²) in [5, 5.41) is 3.80. The van der Waals surface area contributed by atoms with Crippen molar-refractivity contribution in [2.45, 2.75) is 71.9 Å². The highest BCUT2D eigenvalue weighted by Crippen LogP contribution is 2.44. The van der Waals surface area contributed by atoms with E-state index in [0.717, 1.165) is 11.4 Å². The Morgan fingerprint density at radius 2 is 1.84 bits per heavy atom. The maximum absolute atomic E-state index is 14.2. The van der Waals surface area contributed by atoms with Gasteiger partial charge in [-0.25, -0.2) is 14.8 Å². The fraction of sp³-hybridized carbons (Fsp3) is 0.457. The smallest absolute Gasteiger partial charge is 0.435 e. The molecule has 11 nitrogen and oxygen atoms in total. The molecule has 0 unspecified atom stereocenters. The number of nitrogens with zero attached hydrogens (tertiary/aromatic N) is 7. The number of carbonyl (C=O) groups is 2. The number of rotatable bonds is 8. The zero-order valence-corrected chi connectivity index (χ0v) is 28.4. The van der Waals surface area contributed by atoms with Gasteiger partial charge in [-0.3, -0.25) is 9.48 Å². The molecule has 49 heavy (non-hydrogen) atoms. The Morgan fingerprint density at radius 3 is 2.49 bits per heavy atom. The number of pyridine rings is 1. The lowest BCUT2D eigenvalue weighted by Crippen LogP contribution is -2.60. The fourth-order valence-corrected chi connectivity index (χ4v) is 6.14. The maximum atomic E-state index is 14.2. The number of carbonyl (C=O) groups excluding carboxylic acids is 2. The van der Waals surface area contributed by atoms with Crippen LogP contribution in [0.25, 0.3) is 11.1 Å². The molecule has 6 rings (SSSR count). The van der Waals surface area contributed by atoms with Crippen molar-refractivity contribution in [1.82, 2.24) is 29.2 Å². The number of benzene rings is 1. The second-order valence-corrected chi connectivity index (χ2v) is 13.7. The molecule has 0 saturated carbocycles. The largest absolute Gasteiger partial charge is 0.491 e. The number of likely N-dealkylation sites (N-methyl/N-ethyl adjacent to an activating group) is 1. The Kier molecular flexibility index (Phi) is 8.92. The van der Waals surface area contributed by atoms with Crippen LogP contribution in [0.5, 0.6) is 5.75 Å². The average Bonchev–Trinajstić information content (AvgIpc) is 3.67. The summed E-state index contributed by atoms with van der Waals surface area (Å²) < 4.78 is 57.2. The summed E-state index contributed by atoms with van der Waals surface area (Å²) >= 11 is 0. The molecule has 1 saturated heterocycles. The number of aryl methyl sites for hydroxylation is 2. The molecular weight excluding hydrogens is 639 g/mol. The first-order valence-electron chi connectivity index (χ1n) is 16.2. The van der Waals surface area contributed by atoms with E-state index in [9.17, 15) is 22.8 Å². The summed E-state index contributed by atoms with van der Waals surface area (Å²) in [6, 6.07) is 7.19. The first kappa shape index (κ1) is 34.0. The molecule has 3 aromatic heterocycles. The Balaban J connectivity index is 1.26. The predicted molar refractivity (Wildman–Crippen MR) is 176 cm³/mol. The molecule has 0 aliphatic carbocycles. The standard InChI is InChI=1S/C35H40F3N7O4/c1-7-45-18-28(32(41-45)35(36,37)38)26-12-22(15-43-9-8-39-20-43)13-27-30(46)23(19-48-31(26)27)14-24-10-21(2)11-29(40-24)44-16-25(17-44)42(6)33(47)49-34(3,4)5/h8-13,18,20,23,25H,7,14-17,19H2,1-6H3/t23-/m0/s1. The molecule has 1 amide bonds. The van der Waals surface area contributed by atoms with E-state index in [1.807, 2.05) is 39.8 Å². The monoisotopic (exact) mass is 679 g/mol. The van der Waals surface area contributed by atoms with Gasteiger partial charge in [0.1, 0.15) is 17.2 Å². The fourth-order valence-electron chi connectivity index (χ4n) is 6.14. The zero-order valence-electron chi connectivity index (χ0n) is 28.4. The highest BCUT2D eigenvalue weighted by atomic mass is 19.4. The third-order valence-corrected chi connectivity index (χ3v) is 8.66. The van der Waals surface area contributed by atoms with Crippen LogP contribution < -0.4 is 9.64 Å². The maximum Gasteiger partial charge on any atom is 0.435 e. The number of aromatic nitrogens is 5. The van der Waals surface area contributed by atoms with E-state index in [1.165, 1.54) is 10.9 Å². The van der Waals surface area contributed by atoms with Crippen molar-refractivity contribution in [3.05, 3.63) is 77.3 Å². The van der Waals surface area contributed by atoms with Crippen LogP contribution in [0.15, 0.2) is 49.2 Å². The first-order valence-corrected chi connectivity index (χ1v) is 16.2. The Bertz CT molecular complexity index is 1860. The molecule has 0 radical (unpaired) electrons. The van der Waals surface area contributed by atoms with Gasteiger partial charge in [-0.05, 0) is 70.0 Å². The van der Waals surface area contributed by atoms with E-state index in [-0.39, 0.29) is 59.9 Å². The lowest BCUT2D eigenvalue weighted by atomic mass is 9.87. The van der Waals surface area contributed by atoms with Crippen LogP contribution in [-0.2, 0) is 30.4 Å². The number of ether oxygens (including phenoxy) is 2. The molecule has 0 spiro atoms. The van der Waals surface area contributed by atoms with Crippen LogP contribution in [0, 0.1) is 12.8 Å². The van der Waals surface area contributed by atoms with Crippen LogP contribution in [0.1, 0.15) is 60.6 Å². The van der Waals surface area contributed by atoms with Crippen molar-refractivity contribution >= 4 is 17.7 Å². The number of anilines is 1. The quantitative estimate of drug-likeness (QED) is 0.222. The van der Waals surface area contributed by atoms with E-state index >= 15 is 0 Å². The number of imidazole rings is 1. The van der Waals surface area contributed by atoms with Gasteiger partial charge in [0, 0.05) is 75.1 Å². The second-order valence-electron chi connectivity index (χ2n) is 13.7. The van der Waals surface area contributed by atoms with Crippen molar-refractivity contribution in [3.63, 3.8) is 0 Å². The third kappa shape index (κ3) is 7.27. The number of halogens is 3. The molecule has 2 aliphatic rings. The molecule has 260 valence electrons. The lowest BCUT2D eigenvalue weighted by molar-refractivity contribution is -0.141. The molecule has 4 aromatic rings. The number of alkyl halides is 3. The van der Waals surface area contributed by atoms with Gasteiger partial charge in [0.2, 0.25) is 0 Å². The van der Waals surface area contributed by atoms with E-state index in [4.69, 9.17) is 14.5 Å². The van der Waals surface area contributed by atoms with Crippen LogP contribution in [0.3, 0.4) is 0 Å². The summed E-state index contributed by atoms with van der Waals surface area (Å²) in [4.78, 5) is 39.3. The summed E-state index contributed by atoms with van der Waals surface area (Å²) in [5.74, 6) is 0.0366. The van der Waals surface area contributed by atoms with Crippen molar-refractivity contribution in [2.75, 3.05) is 31.6 Å². The third-order valence-electron chi connectivity index (χ3n) is 8.66. The SMILES string of the molecule is CCn1cc(-c2cc(Cn3ccnc3)cc3c2OC[C@H](Cc2cc(C)cc(N4CC(N(C)C(=O)OC(C)(C)C)C4)n2)C3=O)c(C(F)(F)F)n1. The van der Waals surface area contributed by atoms with Gasteiger partial charge in [0.15, 0.2) is 11.5 Å². The number of ketones is 1. The summed E-state index contributed by atoms with van der Waals surface area (Å²) in [7, 11) is 1.73. The highest BCUT2D eigenvalue weighted by Gasteiger charge is 2.40. The van der Waals surface area contributed by atoms with Crippen LogP contribution >= 0.6 is 0 Å². The van der Waals surface area contributed by atoms with Crippen LogP contribution in [-0.4, -0.2) is 79.5 Å². The molecule has 1 atom stereocenters. The number of amides is 1. The van der Waals surface area contributed by atoms with E-state index < -0.39 is 23.4 Å². The van der Waals surface area contributed by atoms with Gasteiger partial charge in [0.05, 0.1) is 30.5 Å². The second kappa shape index (κ2) is 12.9. The van der Waals surface area contributed by atoms with E-state index in [0.29, 0.717) is 30.9 Å². The number of hydrogen-bond donors (Lipinski definition) is 0. The number of fused-ring (bicyclic) bond motifs is 1. The molecular formula is C35H40F3N7O4. The molecule has 0 N–H and O–H groups in total. The summed E-state index contributed by atoms with van der Waals surface area (Å²) in [5.41, 5.74) is 0.929. The predicted octanol–water partition coefficient (Wildman–Crippen LogP) is 6.03. The minimum Gasteiger partial charge on any atom is -0.491 e. The molecule has 0 bridgehead atoms. The topological polar surface area (TPSA) is 108 Å². The minimum absolute atomic E-state index is 0.0135. The van der Waals surface area contributed by atoms with E-state index in [1.54, 1.807) is 54.3 Å². The van der Waals surface area contributed by atoms with Crippen molar-refractivity contribution < 1.29 is 32.2 Å². The average molecular weight is 680 g/mol. The highest BCUT2D eigenvalue weighted by molar-refractivity contribution is 6.04. The van der Waals surface area contributed by atoms with Crippen LogP contribution in [0.4, 0.5) is 23.8 Å². The van der Waals surface area contributed by atoms with Gasteiger partial charge in [0.25, 0.3) is 0 Å². The molecule has 1 aromatic carbocycles. The van der Waals surface area contributed by atoms with Gasteiger partial charge >= 0.3 is 12.3 Å². The Hall–Kier alpha value is -4.88. The molecule has 1 fully saturated rings. The first-order chi connectivity index (χ1) is 23.1. The minimum atomic E-state index is -4.71. The normalized spacial score (nSPS) is 16.6. The number of hydrogen-bond acceptors (Lipinski definition) is 8. The van der Waals surface area contributed by atoms with Gasteiger partial charge in [-0.1, -0.05) is 0 Å². The summed E-state index contributed by atoms with van der Waals surface area (Å²) in [6.07, 6.45) is 1.50. The lowest BCUT2D eigenvalue weighted by Gasteiger charge is -2.44. The molecule has 5 heterocycles. The Labute approximate surface area is 282 Å².